The second-order valence-electron chi connectivity index (χ2n) is 4.32. The summed E-state index contributed by atoms with van der Waals surface area (Å²) in [6, 6.07) is 10.5. The lowest BCUT2D eigenvalue weighted by Gasteiger charge is -2.24. The Labute approximate surface area is 104 Å². The van der Waals surface area contributed by atoms with Crippen LogP contribution >= 0.6 is 0 Å². The first-order valence-corrected chi connectivity index (χ1v) is 6.34. The molecule has 0 unspecified atom stereocenters. The predicted molar refractivity (Wildman–Crippen MR) is 72.9 cm³/mol. The zero-order valence-corrected chi connectivity index (χ0v) is 10.6. The highest BCUT2D eigenvalue weighted by atomic mass is 16.3. The number of aliphatic hydroxyl groups excluding tert-OH is 1. The van der Waals surface area contributed by atoms with Crippen LogP contribution in [0.15, 0.2) is 43.0 Å². The van der Waals surface area contributed by atoms with Gasteiger partial charge < -0.3 is 10.4 Å². The Morgan fingerprint density at radius 3 is 2.59 bits per heavy atom. The third-order valence-corrected chi connectivity index (χ3v) is 2.91. The molecule has 0 aliphatic heterocycles. The first-order chi connectivity index (χ1) is 8.31. The topological polar surface area (TPSA) is 32.3 Å². The average molecular weight is 233 g/mol. The smallest absolute Gasteiger partial charge is 0.0626 e. The van der Waals surface area contributed by atoms with Crippen molar-refractivity contribution in [3.8, 4) is 0 Å². The SMILES string of the molecule is C=CC[C@@H](CCC)N[C@H](CO)c1ccccc1. The van der Waals surface area contributed by atoms with Crippen LogP contribution in [0.25, 0.3) is 0 Å². The van der Waals surface area contributed by atoms with E-state index in [2.05, 4.69) is 18.8 Å². The van der Waals surface area contributed by atoms with Gasteiger partial charge in [0.25, 0.3) is 0 Å². The van der Waals surface area contributed by atoms with Gasteiger partial charge in [0.1, 0.15) is 0 Å². The monoisotopic (exact) mass is 233 g/mol. The van der Waals surface area contributed by atoms with Crippen molar-refractivity contribution >= 4 is 0 Å². The highest BCUT2D eigenvalue weighted by Gasteiger charge is 2.14. The molecule has 0 bridgehead atoms. The molecule has 94 valence electrons. The number of nitrogens with one attached hydrogen (secondary N) is 1. The molecule has 0 radical (unpaired) electrons. The van der Waals surface area contributed by atoms with E-state index in [1.807, 2.05) is 36.4 Å². The van der Waals surface area contributed by atoms with Gasteiger partial charge in [0.05, 0.1) is 12.6 Å². The van der Waals surface area contributed by atoms with E-state index in [4.69, 9.17) is 0 Å². The number of hydrogen-bond acceptors (Lipinski definition) is 2. The number of rotatable bonds is 8. The molecule has 0 aromatic heterocycles. The zero-order valence-electron chi connectivity index (χ0n) is 10.6. The van der Waals surface area contributed by atoms with Crippen LogP contribution in [0.5, 0.6) is 0 Å². The Bertz CT molecular complexity index is 310. The molecule has 0 saturated carbocycles. The van der Waals surface area contributed by atoms with Gasteiger partial charge in [-0.05, 0) is 18.4 Å². The van der Waals surface area contributed by atoms with Crippen molar-refractivity contribution < 1.29 is 5.11 Å². The Morgan fingerprint density at radius 1 is 1.35 bits per heavy atom. The third-order valence-electron chi connectivity index (χ3n) is 2.91. The van der Waals surface area contributed by atoms with Gasteiger partial charge in [-0.15, -0.1) is 6.58 Å². The second kappa shape index (κ2) is 8.04. The first kappa shape index (κ1) is 13.9. The van der Waals surface area contributed by atoms with E-state index in [-0.39, 0.29) is 12.6 Å². The summed E-state index contributed by atoms with van der Waals surface area (Å²) in [6.07, 6.45) is 5.12. The summed E-state index contributed by atoms with van der Waals surface area (Å²) in [4.78, 5) is 0. The van der Waals surface area contributed by atoms with Crippen LogP contribution in [0, 0.1) is 0 Å². The van der Waals surface area contributed by atoms with E-state index in [1.165, 1.54) is 0 Å². The molecule has 0 amide bonds. The van der Waals surface area contributed by atoms with Crippen molar-refractivity contribution in [1.82, 2.24) is 5.32 Å². The number of aliphatic hydroxyl groups is 1. The highest BCUT2D eigenvalue weighted by Crippen LogP contribution is 2.15. The van der Waals surface area contributed by atoms with Gasteiger partial charge in [-0.3, -0.25) is 0 Å². The molecule has 2 N–H and O–H groups in total. The van der Waals surface area contributed by atoms with Gasteiger partial charge >= 0.3 is 0 Å². The molecule has 0 fully saturated rings. The van der Waals surface area contributed by atoms with Crippen LogP contribution in [0.4, 0.5) is 0 Å². The summed E-state index contributed by atoms with van der Waals surface area (Å²) in [7, 11) is 0. The van der Waals surface area contributed by atoms with Crippen LogP contribution < -0.4 is 5.32 Å². The quantitative estimate of drug-likeness (QED) is 0.676. The summed E-state index contributed by atoms with van der Waals surface area (Å²) in [5, 5.41) is 13.0. The van der Waals surface area contributed by atoms with Crippen molar-refractivity contribution in [3.63, 3.8) is 0 Å². The highest BCUT2D eigenvalue weighted by molar-refractivity contribution is 5.19. The molecule has 17 heavy (non-hydrogen) atoms. The molecule has 0 spiro atoms. The third kappa shape index (κ3) is 4.72. The molecule has 0 aliphatic rings. The Morgan fingerprint density at radius 2 is 2.06 bits per heavy atom. The van der Waals surface area contributed by atoms with Gasteiger partial charge in [0.15, 0.2) is 0 Å². The van der Waals surface area contributed by atoms with Crippen molar-refractivity contribution in [2.24, 2.45) is 0 Å². The Kier molecular flexibility index (Phi) is 6.60. The van der Waals surface area contributed by atoms with Crippen LogP contribution in [0.1, 0.15) is 37.8 Å². The van der Waals surface area contributed by atoms with Gasteiger partial charge in [0.2, 0.25) is 0 Å². The standard InChI is InChI=1S/C15H23NO/c1-3-8-14(9-4-2)16-15(12-17)13-10-6-5-7-11-13/h3,5-7,10-11,14-17H,1,4,8-9,12H2,2H3/t14-,15+/m0/s1. The maximum Gasteiger partial charge on any atom is 0.0626 e. The Hall–Kier alpha value is -1.12. The molecule has 2 heteroatoms. The fourth-order valence-electron chi connectivity index (χ4n) is 2.04. The molecule has 1 aromatic rings. The lowest BCUT2D eigenvalue weighted by molar-refractivity contribution is 0.230. The minimum Gasteiger partial charge on any atom is -0.394 e. The Balaban J connectivity index is 2.64. The number of hydrogen-bond donors (Lipinski definition) is 2. The molecule has 1 rings (SSSR count). The fraction of sp³-hybridized carbons (Fsp3) is 0.467. The van der Waals surface area contributed by atoms with E-state index in [9.17, 15) is 5.11 Å². The minimum atomic E-state index is 0.0210. The molecule has 0 heterocycles. The lowest BCUT2D eigenvalue weighted by atomic mass is 10.0. The number of benzene rings is 1. The van der Waals surface area contributed by atoms with Gasteiger partial charge in [-0.25, -0.2) is 0 Å². The molecular formula is C15H23NO. The zero-order chi connectivity index (χ0) is 12.5. The van der Waals surface area contributed by atoms with Gasteiger partial charge in [-0.1, -0.05) is 49.8 Å². The molecule has 0 aliphatic carbocycles. The average Bonchev–Trinajstić information content (AvgIpc) is 2.37. The maximum atomic E-state index is 9.48. The molecule has 2 atom stereocenters. The van der Waals surface area contributed by atoms with Crippen molar-refractivity contribution in [2.75, 3.05) is 6.61 Å². The van der Waals surface area contributed by atoms with Crippen molar-refractivity contribution in [1.29, 1.82) is 0 Å². The summed E-state index contributed by atoms with van der Waals surface area (Å²) in [6.45, 7) is 6.09. The van der Waals surface area contributed by atoms with Gasteiger partial charge in [-0.2, -0.15) is 0 Å². The maximum absolute atomic E-state index is 9.48. The first-order valence-electron chi connectivity index (χ1n) is 6.34. The summed E-state index contributed by atoms with van der Waals surface area (Å²) < 4.78 is 0. The largest absolute Gasteiger partial charge is 0.394 e. The van der Waals surface area contributed by atoms with Gasteiger partial charge in [0, 0.05) is 6.04 Å². The van der Waals surface area contributed by atoms with Crippen LogP contribution in [-0.2, 0) is 0 Å². The summed E-state index contributed by atoms with van der Waals surface area (Å²) in [5.41, 5.74) is 1.14. The van der Waals surface area contributed by atoms with Crippen LogP contribution in [-0.4, -0.2) is 17.8 Å². The summed E-state index contributed by atoms with van der Waals surface area (Å²) in [5.74, 6) is 0. The van der Waals surface area contributed by atoms with Crippen molar-refractivity contribution in [2.45, 2.75) is 38.3 Å². The molecular weight excluding hydrogens is 210 g/mol. The van der Waals surface area contributed by atoms with E-state index in [0.717, 1.165) is 24.8 Å². The van der Waals surface area contributed by atoms with E-state index in [0.29, 0.717) is 6.04 Å². The normalized spacial score (nSPS) is 14.2. The van der Waals surface area contributed by atoms with E-state index >= 15 is 0 Å². The van der Waals surface area contributed by atoms with E-state index < -0.39 is 0 Å². The molecule has 0 saturated heterocycles. The minimum absolute atomic E-state index is 0.0210. The van der Waals surface area contributed by atoms with Crippen LogP contribution in [0.2, 0.25) is 0 Å². The fourth-order valence-corrected chi connectivity index (χ4v) is 2.04. The van der Waals surface area contributed by atoms with Crippen molar-refractivity contribution in [3.05, 3.63) is 48.6 Å². The lowest BCUT2D eigenvalue weighted by Crippen LogP contribution is -2.34. The van der Waals surface area contributed by atoms with Crippen LogP contribution in [0.3, 0.4) is 0 Å². The second-order valence-corrected chi connectivity index (χ2v) is 4.32. The molecule has 2 nitrogen and oxygen atoms in total. The molecule has 1 aromatic carbocycles. The van der Waals surface area contributed by atoms with E-state index in [1.54, 1.807) is 0 Å². The summed E-state index contributed by atoms with van der Waals surface area (Å²) >= 11 is 0. The predicted octanol–water partition coefficient (Wildman–Crippen LogP) is 3.05.